The molecule has 42 heavy (non-hydrogen) atoms. The van der Waals surface area contributed by atoms with Crippen LogP contribution < -0.4 is 15.0 Å². The van der Waals surface area contributed by atoms with E-state index in [-0.39, 0.29) is 6.42 Å². The van der Waals surface area contributed by atoms with E-state index in [9.17, 15) is 14.4 Å². The van der Waals surface area contributed by atoms with Gasteiger partial charge in [0.15, 0.2) is 0 Å². The SMILES string of the molecule is CC(C)(C)OC(=O)CC(NC(=O)OC(C)(C)C)C(=O)N1CCc2cc(-c3ccc(OCc4ccccc4)cc3)ccc21. The summed E-state index contributed by atoms with van der Waals surface area (Å²) < 4.78 is 16.7. The van der Waals surface area contributed by atoms with Crippen molar-refractivity contribution in [3.63, 3.8) is 0 Å². The molecule has 1 heterocycles. The maximum Gasteiger partial charge on any atom is 0.408 e. The second-order valence-corrected chi connectivity index (χ2v) is 12.4. The number of alkyl carbamates (subject to hydrolysis) is 1. The molecule has 1 N–H and O–H groups in total. The average Bonchev–Trinajstić information content (AvgIpc) is 3.33. The van der Waals surface area contributed by atoms with Crippen LogP contribution in [0.1, 0.15) is 59.1 Å². The van der Waals surface area contributed by atoms with Crippen molar-refractivity contribution < 1.29 is 28.6 Å². The number of anilines is 1. The first kappa shape index (κ1) is 30.6. The maximum absolute atomic E-state index is 13.7. The number of hydrogen-bond acceptors (Lipinski definition) is 6. The van der Waals surface area contributed by atoms with Crippen LogP contribution in [0.2, 0.25) is 0 Å². The molecule has 0 saturated heterocycles. The highest BCUT2D eigenvalue weighted by Crippen LogP contribution is 2.33. The summed E-state index contributed by atoms with van der Waals surface area (Å²) in [5.41, 5.74) is 3.45. The number of amides is 2. The number of ether oxygens (including phenoxy) is 3. The maximum atomic E-state index is 13.7. The molecule has 2 amide bonds. The Bertz CT molecular complexity index is 1370. The quantitative estimate of drug-likeness (QED) is 0.312. The average molecular weight is 573 g/mol. The molecular formula is C34H40N2O6. The molecule has 0 radical (unpaired) electrons. The van der Waals surface area contributed by atoms with Gasteiger partial charge < -0.3 is 24.4 Å². The first-order valence-corrected chi connectivity index (χ1v) is 14.2. The van der Waals surface area contributed by atoms with Gasteiger partial charge in [-0.3, -0.25) is 9.59 Å². The van der Waals surface area contributed by atoms with Crippen molar-refractivity contribution >= 4 is 23.7 Å². The number of benzene rings is 3. The molecule has 8 heteroatoms. The van der Waals surface area contributed by atoms with Crippen molar-refractivity contribution in [2.24, 2.45) is 0 Å². The summed E-state index contributed by atoms with van der Waals surface area (Å²) >= 11 is 0. The monoisotopic (exact) mass is 572 g/mol. The third-order valence-electron chi connectivity index (χ3n) is 6.46. The second-order valence-electron chi connectivity index (χ2n) is 12.4. The third-order valence-corrected chi connectivity index (χ3v) is 6.46. The number of esters is 1. The second kappa shape index (κ2) is 12.7. The predicted molar refractivity (Wildman–Crippen MR) is 162 cm³/mol. The van der Waals surface area contributed by atoms with Gasteiger partial charge in [0.1, 0.15) is 29.6 Å². The number of nitrogens with one attached hydrogen (secondary N) is 1. The normalized spacial score (nSPS) is 13.6. The van der Waals surface area contributed by atoms with Crippen LogP contribution in [0.5, 0.6) is 5.75 Å². The Hall–Kier alpha value is -4.33. The van der Waals surface area contributed by atoms with Crippen molar-refractivity contribution in [1.82, 2.24) is 5.32 Å². The molecule has 0 aliphatic carbocycles. The van der Waals surface area contributed by atoms with Gasteiger partial charge in [0.2, 0.25) is 5.91 Å². The molecule has 222 valence electrons. The molecule has 1 aliphatic rings. The lowest BCUT2D eigenvalue weighted by Crippen LogP contribution is -2.50. The number of hydrogen-bond donors (Lipinski definition) is 1. The van der Waals surface area contributed by atoms with Crippen LogP contribution in [-0.2, 0) is 32.1 Å². The largest absolute Gasteiger partial charge is 0.489 e. The minimum Gasteiger partial charge on any atom is -0.489 e. The number of nitrogens with zero attached hydrogens (tertiary/aromatic N) is 1. The van der Waals surface area contributed by atoms with Gasteiger partial charge in [0.25, 0.3) is 0 Å². The van der Waals surface area contributed by atoms with Crippen molar-refractivity contribution in [2.75, 3.05) is 11.4 Å². The summed E-state index contributed by atoms with van der Waals surface area (Å²) in [4.78, 5) is 40.5. The van der Waals surface area contributed by atoms with Crippen LogP contribution in [0.25, 0.3) is 11.1 Å². The van der Waals surface area contributed by atoms with Crippen LogP contribution >= 0.6 is 0 Å². The Morgan fingerprint density at radius 3 is 2.12 bits per heavy atom. The number of fused-ring (bicyclic) bond motifs is 1. The summed E-state index contributed by atoms with van der Waals surface area (Å²) in [6.45, 7) is 11.4. The van der Waals surface area contributed by atoms with E-state index < -0.39 is 35.2 Å². The van der Waals surface area contributed by atoms with Gasteiger partial charge in [0, 0.05) is 12.2 Å². The molecule has 1 atom stereocenters. The van der Waals surface area contributed by atoms with E-state index >= 15 is 0 Å². The van der Waals surface area contributed by atoms with Gasteiger partial charge in [0.05, 0.1) is 6.42 Å². The van der Waals surface area contributed by atoms with E-state index in [1.165, 1.54) is 0 Å². The summed E-state index contributed by atoms with van der Waals surface area (Å²) in [6.07, 6.45) is -0.424. The van der Waals surface area contributed by atoms with Gasteiger partial charge in [-0.15, -0.1) is 0 Å². The molecule has 0 fully saturated rings. The zero-order valence-electron chi connectivity index (χ0n) is 25.2. The number of carbonyl (C=O) groups excluding carboxylic acids is 3. The Morgan fingerprint density at radius 1 is 0.833 bits per heavy atom. The van der Waals surface area contributed by atoms with Gasteiger partial charge in [-0.2, -0.15) is 0 Å². The Morgan fingerprint density at radius 2 is 1.48 bits per heavy atom. The summed E-state index contributed by atoms with van der Waals surface area (Å²) in [5.74, 6) is -0.185. The van der Waals surface area contributed by atoms with Gasteiger partial charge in [-0.05, 0) is 94.5 Å². The fraction of sp³-hybridized carbons (Fsp3) is 0.382. The van der Waals surface area contributed by atoms with Crippen molar-refractivity contribution in [2.45, 2.75) is 78.2 Å². The van der Waals surface area contributed by atoms with E-state index in [0.717, 1.165) is 33.7 Å². The van der Waals surface area contributed by atoms with Crippen molar-refractivity contribution in [1.29, 1.82) is 0 Å². The lowest BCUT2D eigenvalue weighted by molar-refractivity contribution is -0.156. The Labute approximate surface area is 248 Å². The summed E-state index contributed by atoms with van der Waals surface area (Å²) in [5, 5.41) is 2.60. The highest BCUT2D eigenvalue weighted by atomic mass is 16.6. The van der Waals surface area contributed by atoms with Crippen LogP contribution in [0.15, 0.2) is 72.8 Å². The minimum atomic E-state index is -1.14. The topological polar surface area (TPSA) is 94.2 Å². The van der Waals surface area contributed by atoms with Gasteiger partial charge >= 0.3 is 12.1 Å². The minimum absolute atomic E-state index is 0.308. The molecule has 3 aromatic carbocycles. The summed E-state index contributed by atoms with van der Waals surface area (Å²) in [6, 6.07) is 22.8. The van der Waals surface area contributed by atoms with Gasteiger partial charge in [-0.1, -0.05) is 48.5 Å². The molecule has 0 bridgehead atoms. The highest BCUT2D eigenvalue weighted by Gasteiger charge is 2.35. The lowest BCUT2D eigenvalue weighted by atomic mass is 10.0. The Kier molecular flexibility index (Phi) is 9.24. The van der Waals surface area contributed by atoms with Crippen LogP contribution in [-0.4, -0.2) is 41.8 Å². The number of rotatable bonds is 8. The molecule has 0 aromatic heterocycles. The van der Waals surface area contributed by atoms with E-state index in [0.29, 0.717) is 19.6 Å². The Balaban J connectivity index is 1.47. The molecule has 0 spiro atoms. The van der Waals surface area contributed by atoms with Gasteiger partial charge in [-0.25, -0.2) is 4.79 Å². The van der Waals surface area contributed by atoms with Crippen molar-refractivity contribution in [3.05, 3.63) is 83.9 Å². The first-order valence-electron chi connectivity index (χ1n) is 14.2. The van der Waals surface area contributed by atoms with E-state index in [4.69, 9.17) is 14.2 Å². The van der Waals surface area contributed by atoms with Crippen LogP contribution in [0.3, 0.4) is 0 Å². The molecule has 4 rings (SSSR count). The molecule has 8 nitrogen and oxygen atoms in total. The summed E-state index contributed by atoms with van der Waals surface area (Å²) in [7, 11) is 0. The standard InChI is InChI=1S/C34H40N2O6/c1-33(2,3)41-30(37)21-28(35-32(39)42-34(4,5)6)31(38)36-19-18-26-20-25(14-17-29(26)36)24-12-15-27(16-13-24)40-22-23-10-8-7-9-11-23/h7-17,20,28H,18-19,21-22H2,1-6H3,(H,35,39). The third kappa shape index (κ3) is 8.59. The predicted octanol–water partition coefficient (Wildman–Crippen LogP) is 6.45. The van der Waals surface area contributed by atoms with E-state index in [1.807, 2.05) is 66.7 Å². The van der Waals surface area contributed by atoms with E-state index in [1.54, 1.807) is 46.4 Å². The van der Waals surface area contributed by atoms with Crippen LogP contribution in [0, 0.1) is 0 Å². The molecular weight excluding hydrogens is 532 g/mol. The highest BCUT2D eigenvalue weighted by molar-refractivity contribution is 6.02. The fourth-order valence-electron chi connectivity index (χ4n) is 4.68. The zero-order valence-corrected chi connectivity index (χ0v) is 25.2. The van der Waals surface area contributed by atoms with E-state index in [2.05, 4.69) is 11.4 Å². The molecule has 1 aliphatic heterocycles. The van der Waals surface area contributed by atoms with Crippen LogP contribution in [0.4, 0.5) is 10.5 Å². The lowest BCUT2D eigenvalue weighted by Gasteiger charge is -2.27. The zero-order chi connectivity index (χ0) is 30.5. The molecule has 0 saturated carbocycles. The van der Waals surface area contributed by atoms with Crippen molar-refractivity contribution in [3.8, 4) is 16.9 Å². The number of carbonyl (C=O) groups is 3. The molecule has 1 unspecified atom stereocenters. The molecule has 3 aromatic rings. The first-order chi connectivity index (χ1) is 19.8. The smallest absolute Gasteiger partial charge is 0.408 e. The fourth-order valence-corrected chi connectivity index (χ4v) is 4.68.